The Labute approximate surface area is 117 Å². The predicted molar refractivity (Wildman–Crippen MR) is 79.4 cm³/mol. The Bertz CT molecular complexity index is 434. The zero-order chi connectivity index (χ0) is 13.7. The van der Waals surface area contributed by atoms with Gasteiger partial charge >= 0.3 is 0 Å². The Morgan fingerprint density at radius 1 is 1.50 bits per heavy atom. The lowest BCUT2D eigenvalue weighted by atomic mass is 10.1. The average Bonchev–Trinajstić information content (AvgIpc) is 2.38. The Balaban J connectivity index is 3.10. The SMILES string of the molecule is CCC(C)N(CC)c1ccc(/C(N)=N/O)c(Br)c1. The van der Waals surface area contributed by atoms with Crippen LogP contribution >= 0.6 is 15.9 Å². The minimum Gasteiger partial charge on any atom is -0.409 e. The Kier molecular flexibility index (Phi) is 5.47. The summed E-state index contributed by atoms with van der Waals surface area (Å²) in [5, 5.41) is 11.7. The van der Waals surface area contributed by atoms with E-state index in [1.807, 2.05) is 18.2 Å². The fourth-order valence-electron chi connectivity index (χ4n) is 1.91. The lowest BCUT2D eigenvalue weighted by Gasteiger charge is -2.29. The third-order valence-electron chi connectivity index (χ3n) is 3.13. The van der Waals surface area contributed by atoms with Crippen molar-refractivity contribution in [1.29, 1.82) is 0 Å². The molecule has 1 rings (SSSR count). The highest BCUT2D eigenvalue weighted by Crippen LogP contribution is 2.26. The molecule has 0 amide bonds. The lowest BCUT2D eigenvalue weighted by Crippen LogP contribution is -2.32. The first-order valence-electron chi connectivity index (χ1n) is 6.09. The fraction of sp³-hybridized carbons (Fsp3) is 0.462. The van der Waals surface area contributed by atoms with Crippen LogP contribution in [0.3, 0.4) is 0 Å². The summed E-state index contributed by atoms with van der Waals surface area (Å²) in [6, 6.07) is 6.34. The van der Waals surface area contributed by atoms with Gasteiger partial charge in [-0.15, -0.1) is 0 Å². The van der Waals surface area contributed by atoms with E-state index in [0.29, 0.717) is 11.6 Å². The summed E-state index contributed by atoms with van der Waals surface area (Å²) in [7, 11) is 0. The number of nitrogens with two attached hydrogens (primary N) is 1. The number of nitrogens with zero attached hydrogens (tertiary/aromatic N) is 2. The van der Waals surface area contributed by atoms with E-state index < -0.39 is 0 Å². The van der Waals surface area contributed by atoms with Crippen LogP contribution in [0.1, 0.15) is 32.8 Å². The largest absolute Gasteiger partial charge is 0.409 e. The summed E-state index contributed by atoms with van der Waals surface area (Å²) >= 11 is 3.46. The number of oxime groups is 1. The molecule has 0 aliphatic rings. The first kappa shape index (κ1) is 14.8. The van der Waals surface area contributed by atoms with Crippen molar-refractivity contribution in [3.8, 4) is 0 Å². The first-order valence-corrected chi connectivity index (χ1v) is 6.88. The van der Waals surface area contributed by atoms with Crippen molar-refractivity contribution < 1.29 is 5.21 Å². The maximum absolute atomic E-state index is 8.70. The summed E-state index contributed by atoms with van der Waals surface area (Å²) in [6.45, 7) is 7.46. The van der Waals surface area contributed by atoms with E-state index in [0.717, 1.165) is 23.1 Å². The molecule has 4 nitrogen and oxygen atoms in total. The van der Waals surface area contributed by atoms with Crippen LogP contribution in [0, 0.1) is 0 Å². The van der Waals surface area contributed by atoms with Crippen molar-refractivity contribution in [2.75, 3.05) is 11.4 Å². The van der Waals surface area contributed by atoms with Crippen LogP contribution in [0.15, 0.2) is 27.8 Å². The zero-order valence-electron chi connectivity index (χ0n) is 11.0. The van der Waals surface area contributed by atoms with Gasteiger partial charge in [-0.3, -0.25) is 0 Å². The summed E-state index contributed by atoms with van der Waals surface area (Å²) in [5.41, 5.74) is 7.42. The molecule has 0 aromatic heterocycles. The zero-order valence-corrected chi connectivity index (χ0v) is 12.6. The van der Waals surface area contributed by atoms with Gasteiger partial charge in [-0.25, -0.2) is 0 Å². The minimum atomic E-state index is 0.111. The Hall–Kier alpha value is -1.23. The maximum Gasteiger partial charge on any atom is 0.171 e. The van der Waals surface area contributed by atoms with Crippen molar-refractivity contribution in [2.45, 2.75) is 33.2 Å². The monoisotopic (exact) mass is 313 g/mol. The first-order chi connectivity index (χ1) is 8.54. The highest BCUT2D eigenvalue weighted by Gasteiger charge is 2.13. The van der Waals surface area contributed by atoms with Crippen molar-refractivity contribution in [3.05, 3.63) is 28.2 Å². The average molecular weight is 314 g/mol. The molecule has 0 bridgehead atoms. The number of anilines is 1. The molecule has 5 heteroatoms. The lowest BCUT2D eigenvalue weighted by molar-refractivity contribution is 0.318. The van der Waals surface area contributed by atoms with Crippen LogP contribution in [0.25, 0.3) is 0 Å². The number of benzene rings is 1. The molecule has 18 heavy (non-hydrogen) atoms. The Morgan fingerprint density at radius 2 is 2.17 bits per heavy atom. The van der Waals surface area contributed by atoms with Crippen molar-refractivity contribution >= 4 is 27.5 Å². The summed E-state index contributed by atoms with van der Waals surface area (Å²) in [5.74, 6) is 0.111. The molecule has 0 spiro atoms. The molecule has 100 valence electrons. The van der Waals surface area contributed by atoms with Gasteiger partial charge in [0.25, 0.3) is 0 Å². The van der Waals surface area contributed by atoms with E-state index >= 15 is 0 Å². The molecule has 1 aromatic carbocycles. The second-order valence-electron chi connectivity index (χ2n) is 4.19. The van der Waals surface area contributed by atoms with Gasteiger partial charge in [0, 0.05) is 28.3 Å². The van der Waals surface area contributed by atoms with E-state index in [9.17, 15) is 0 Å². The third kappa shape index (κ3) is 3.16. The van der Waals surface area contributed by atoms with Crippen molar-refractivity contribution in [3.63, 3.8) is 0 Å². The predicted octanol–water partition coefficient (Wildman–Crippen LogP) is 3.17. The van der Waals surface area contributed by atoms with Gasteiger partial charge < -0.3 is 15.8 Å². The topological polar surface area (TPSA) is 61.8 Å². The molecule has 1 aromatic rings. The second-order valence-corrected chi connectivity index (χ2v) is 5.05. The molecule has 3 N–H and O–H groups in total. The maximum atomic E-state index is 8.70. The normalized spacial score (nSPS) is 13.4. The van der Waals surface area contributed by atoms with Crippen LogP contribution in [0.2, 0.25) is 0 Å². The van der Waals surface area contributed by atoms with Gasteiger partial charge in [0.1, 0.15) is 0 Å². The van der Waals surface area contributed by atoms with Crippen molar-refractivity contribution in [1.82, 2.24) is 0 Å². The van der Waals surface area contributed by atoms with Gasteiger partial charge in [-0.2, -0.15) is 0 Å². The smallest absolute Gasteiger partial charge is 0.171 e. The third-order valence-corrected chi connectivity index (χ3v) is 3.79. The van der Waals surface area contributed by atoms with Gasteiger partial charge in [0.05, 0.1) is 0 Å². The number of halogens is 1. The fourth-order valence-corrected chi connectivity index (χ4v) is 2.48. The summed E-state index contributed by atoms with van der Waals surface area (Å²) < 4.78 is 0.831. The van der Waals surface area contributed by atoms with Gasteiger partial charge in [0.15, 0.2) is 5.84 Å². The number of rotatable bonds is 5. The van der Waals surface area contributed by atoms with Crippen LogP contribution in [-0.4, -0.2) is 23.6 Å². The number of hydrogen-bond acceptors (Lipinski definition) is 3. The van der Waals surface area contributed by atoms with Crippen LogP contribution in [-0.2, 0) is 0 Å². The molecular formula is C13H20BrN3O. The standard InChI is InChI=1S/C13H20BrN3O/c1-4-9(3)17(5-2)10-6-7-11(12(14)8-10)13(15)16-18/h6-9,18H,4-5H2,1-3H3,(H2,15,16). The highest BCUT2D eigenvalue weighted by atomic mass is 79.9. The molecule has 1 atom stereocenters. The number of amidine groups is 1. The molecule has 0 fully saturated rings. The van der Waals surface area contributed by atoms with Crippen LogP contribution in [0.4, 0.5) is 5.69 Å². The number of hydrogen-bond donors (Lipinski definition) is 2. The van der Waals surface area contributed by atoms with E-state index in [1.54, 1.807) is 0 Å². The molecule has 0 radical (unpaired) electrons. The van der Waals surface area contributed by atoms with Gasteiger partial charge in [-0.05, 0) is 54.4 Å². The van der Waals surface area contributed by atoms with E-state index in [1.165, 1.54) is 0 Å². The second kappa shape index (κ2) is 6.64. The molecule has 0 aliphatic heterocycles. The molecule has 0 saturated heterocycles. The summed E-state index contributed by atoms with van der Waals surface area (Å²) in [6.07, 6.45) is 1.09. The molecule has 1 unspecified atom stereocenters. The van der Waals surface area contributed by atoms with E-state index in [2.05, 4.69) is 46.8 Å². The minimum absolute atomic E-state index is 0.111. The Morgan fingerprint density at radius 3 is 2.61 bits per heavy atom. The molecule has 0 heterocycles. The molecule has 0 aliphatic carbocycles. The molecule has 0 saturated carbocycles. The van der Waals surface area contributed by atoms with Crippen LogP contribution < -0.4 is 10.6 Å². The van der Waals surface area contributed by atoms with Gasteiger partial charge in [0.2, 0.25) is 0 Å². The summed E-state index contributed by atoms with van der Waals surface area (Å²) in [4.78, 5) is 2.32. The highest BCUT2D eigenvalue weighted by molar-refractivity contribution is 9.10. The quantitative estimate of drug-likeness (QED) is 0.380. The van der Waals surface area contributed by atoms with Crippen molar-refractivity contribution in [2.24, 2.45) is 10.9 Å². The van der Waals surface area contributed by atoms with Crippen LogP contribution in [0.5, 0.6) is 0 Å². The van der Waals surface area contributed by atoms with E-state index in [4.69, 9.17) is 10.9 Å². The molecular weight excluding hydrogens is 294 g/mol. The van der Waals surface area contributed by atoms with E-state index in [-0.39, 0.29) is 5.84 Å². The van der Waals surface area contributed by atoms with Gasteiger partial charge in [-0.1, -0.05) is 12.1 Å².